The lowest BCUT2D eigenvalue weighted by Gasteiger charge is -2.18. The van der Waals surface area contributed by atoms with Crippen LogP contribution in [-0.2, 0) is 23.9 Å². The molecule has 0 spiro atoms. The molecule has 2 amide bonds. The van der Waals surface area contributed by atoms with E-state index in [4.69, 9.17) is 4.74 Å². The van der Waals surface area contributed by atoms with Gasteiger partial charge in [0.15, 0.2) is 0 Å². The zero-order valence-corrected chi connectivity index (χ0v) is 15.1. The third kappa shape index (κ3) is 8.30. The van der Waals surface area contributed by atoms with Crippen LogP contribution in [-0.4, -0.2) is 44.1 Å². The van der Waals surface area contributed by atoms with Gasteiger partial charge in [-0.05, 0) is 31.4 Å². The van der Waals surface area contributed by atoms with Crippen molar-refractivity contribution in [3.05, 3.63) is 29.8 Å². The number of anilines is 1. The largest absolute Gasteiger partial charge is 0.467 e. The number of aryl methyl sites for hydroxylation is 1. The SMILES string of the molecule is COC(=O)C(CC(C)C)NC(=O)COCC(=O)Nc1ccc(C)cc1. The van der Waals surface area contributed by atoms with Gasteiger partial charge in [0.1, 0.15) is 19.3 Å². The molecule has 0 aliphatic heterocycles. The van der Waals surface area contributed by atoms with E-state index in [9.17, 15) is 14.4 Å². The van der Waals surface area contributed by atoms with Crippen LogP contribution in [0.3, 0.4) is 0 Å². The summed E-state index contributed by atoms with van der Waals surface area (Å²) in [7, 11) is 1.27. The Morgan fingerprint density at radius 2 is 1.64 bits per heavy atom. The highest BCUT2D eigenvalue weighted by molar-refractivity contribution is 5.92. The quantitative estimate of drug-likeness (QED) is 0.661. The lowest BCUT2D eigenvalue weighted by molar-refractivity contribution is -0.146. The highest BCUT2D eigenvalue weighted by Crippen LogP contribution is 2.08. The van der Waals surface area contributed by atoms with Gasteiger partial charge in [0.25, 0.3) is 0 Å². The van der Waals surface area contributed by atoms with Crippen molar-refractivity contribution in [2.45, 2.75) is 33.2 Å². The number of carbonyl (C=O) groups is 3. The molecule has 0 heterocycles. The number of benzene rings is 1. The Bertz CT molecular complexity index is 584. The van der Waals surface area contributed by atoms with E-state index in [1.807, 2.05) is 32.9 Å². The van der Waals surface area contributed by atoms with E-state index in [0.717, 1.165) is 5.56 Å². The maximum absolute atomic E-state index is 11.9. The van der Waals surface area contributed by atoms with Crippen molar-refractivity contribution in [2.24, 2.45) is 5.92 Å². The fourth-order valence-corrected chi connectivity index (χ4v) is 2.13. The van der Waals surface area contributed by atoms with Gasteiger partial charge in [-0.3, -0.25) is 9.59 Å². The fraction of sp³-hybridized carbons (Fsp3) is 0.500. The summed E-state index contributed by atoms with van der Waals surface area (Å²) in [5, 5.41) is 5.23. The first kappa shape index (κ1) is 20.6. The smallest absolute Gasteiger partial charge is 0.328 e. The molecule has 7 heteroatoms. The van der Waals surface area contributed by atoms with Crippen LogP contribution in [0.15, 0.2) is 24.3 Å². The molecule has 1 aromatic carbocycles. The maximum atomic E-state index is 11.9. The molecule has 25 heavy (non-hydrogen) atoms. The molecule has 0 fully saturated rings. The minimum Gasteiger partial charge on any atom is -0.467 e. The summed E-state index contributed by atoms with van der Waals surface area (Å²) >= 11 is 0. The molecule has 1 aromatic rings. The van der Waals surface area contributed by atoms with Crippen molar-refractivity contribution in [3.8, 4) is 0 Å². The molecule has 1 atom stereocenters. The molecule has 0 aliphatic carbocycles. The van der Waals surface area contributed by atoms with Crippen LogP contribution in [0.1, 0.15) is 25.8 Å². The van der Waals surface area contributed by atoms with Crippen molar-refractivity contribution in [3.63, 3.8) is 0 Å². The highest BCUT2D eigenvalue weighted by atomic mass is 16.5. The van der Waals surface area contributed by atoms with Crippen molar-refractivity contribution < 1.29 is 23.9 Å². The molecule has 0 aliphatic rings. The number of ether oxygens (including phenoxy) is 2. The molecule has 0 saturated heterocycles. The van der Waals surface area contributed by atoms with Crippen LogP contribution in [0.25, 0.3) is 0 Å². The number of hydrogen-bond donors (Lipinski definition) is 2. The van der Waals surface area contributed by atoms with E-state index in [1.165, 1.54) is 7.11 Å². The Labute approximate surface area is 148 Å². The van der Waals surface area contributed by atoms with Crippen LogP contribution in [0.2, 0.25) is 0 Å². The average Bonchev–Trinajstić information content (AvgIpc) is 2.55. The predicted octanol–water partition coefficient (Wildman–Crippen LogP) is 1.65. The van der Waals surface area contributed by atoms with Crippen LogP contribution in [0, 0.1) is 12.8 Å². The number of esters is 1. The Morgan fingerprint density at radius 3 is 2.20 bits per heavy atom. The third-order valence-corrected chi connectivity index (χ3v) is 3.33. The van der Waals surface area contributed by atoms with Gasteiger partial charge in [-0.25, -0.2) is 4.79 Å². The molecule has 0 aromatic heterocycles. The van der Waals surface area contributed by atoms with Gasteiger partial charge in [-0.1, -0.05) is 31.5 Å². The Balaban J connectivity index is 2.35. The third-order valence-electron chi connectivity index (χ3n) is 3.33. The summed E-state index contributed by atoms with van der Waals surface area (Å²) < 4.78 is 9.77. The first-order valence-corrected chi connectivity index (χ1v) is 8.13. The summed E-state index contributed by atoms with van der Waals surface area (Å²) in [6, 6.07) is 6.61. The minimum atomic E-state index is -0.720. The lowest BCUT2D eigenvalue weighted by Crippen LogP contribution is -2.44. The molecular formula is C18H26N2O5. The number of rotatable bonds is 9. The molecule has 0 radical (unpaired) electrons. The fourth-order valence-electron chi connectivity index (χ4n) is 2.13. The molecule has 1 unspecified atom stereocenters. The number of hydrogen-bond acceptors (Lipinski definition) is 5. The second-order valence-corrected chi connectivity index (χ2v) is 6.18. The number of nitrogens with one attached hydrogen (secondary N) is 2. The molecule has 138 valence electrons. The van der Waals surface area contributed by atoms with E-state index in [1.54, 1.807) is 12.1 Å². The molecule has 0 saturated carbocycles. The van der Waals surface area contributed by atoms with E-state index in [-0.39, 0.29) is 25.0 Å². The van der Waals surface area contributed by atoms with E-state index in [0.29, 0.717) is 12.1 Å². The summed E-state index contributed by atoms with van der Waals surface area (Å²) in [6.45, 7) is 5.26. The van der Waals surface area contributed by atoms with Gasteiger partial charge in [-0.15, -0.1) is 0 Å². The van der Waals surface area contributed by atoms with Crippen molar-refractivity contribution >= 4 is 23.5 Å². The van der Waals surface area contributed by atoms with Gasteiger partial charge >= 0.3 is 5.97 Å². The first-order chi connectivity index (χ1) is 11.8. The van der Waals surface area contributed by atoms with Crippen molar-refractivity contribution in [2.75, 3.05) is 25.6 Å². The second kappa shape index (κ2) is 10.5. The summed E-state index contributed by atoms with van der Waals surface area (Å²) in [4.78, 5) is 35.3. The standard InChI is InChI=1S/C18H26N2O5/c1-12(2)9-15(18(23)24-4)20-17(22)11-25-10-16(21)19-14-7-5-13(3)6-8-14/h5-8,12,15H,9-11H2,1-4H3,(H,19,21)(H,20,22). The summed E-state index contributed by atoms with van der Waals surface area (Å²) in [5.41, 5.74) is 1.75. The number of methoxy groups -OCH3 is 1. The molecule has 2 N–H and O–H groups in total. The zero-order valence-electron chi connectivity index (χ0n) is 15.1. The van der Waals surface area contributed by atoms with Gasteiger partial charge < -0.3 is 20.1 Å². The average molecular weight is 350 g/mol. The van der Waals surface area contributed by atoms with Crippen molar-refractivity contribution in [1.82, 2.24) is 5.32 Å². The van der Waals surface area contributed by atoms with Crippen LogP contribution >= 0.6 is 0 Å². The Morgan fingerprint density at radius 1 is 1.04 bits per heavy atom. The molecule has 1 rings (SSSR count). The molecule has 7 nitrogen and oxygen atoms in total. The summed E-state index contributed by atoms with van der Waals surface area (Å²) in [5.74, 6) is -1.12. The van der Waals surface area contributed by atoms with Crippen molar-refractivity contribution in [1.29, 1.82) is 0 Å². The molecular weight excluding hydrogens is 324 g/mol. The first-order valence-electron chi connectivity index (χ1n) is 8.13. The van der Waals surface area contributed by atoms with Gasteiger partial charge in [0.2, 0.25) is 11.8 Å². The zero-order chi connectivity index (χ0) is 18.8. The van der Waals surface area contributed by atoms with Gasteiger partial charge in [-0.2, -0.15) is 0 Å². The Hall–Kier alpha value is -2.41. The highest BCUT2D eigenvalue weighted by Gasteiger charge is 2.22. The van der Waals surface area contributed by atoms with E-state index in [2.05, 4.69) is 15.4 Å². The van der Waals surface area contributed by atoms with Crippen LogP contribution < -0.4 is 10.6 Å². The van der Waals surface area contributed by atoms with Crippen LogP contribution in [0.4, 0.5) is 5.69 Å². The monoisotopic (exact) mass is 350 g/mol. The van der Waals surface area contributed by atoms with E-state index >= 15 is 0 Å². The predicted molar refractivity (Wildman–Crippen MR) is 94.0 cm³/mol. The normalized spacial score (nSPS) is 11.7. The van der Waals surface area contributed by atoms with Crippen LogP contribution in [0.5, 0.6) is 0 Å². The number of amides is 2. The number of carbonyl (C=O) groups excluding carboxylic acids is 3. The summed E-state index contributed by atoms with van der Waals surface area (Å²) in [6.07, 6.45) is 0.465. The van der Waals surface area contributed by atoms with Gasteiger partial charge in [0, 0.05) is 5.69 Å². The van der Waals surface area contributed by atoms with Gasteiger partial charge in [0.05, 0.1) is 7.11 Å². The minimum absolute atomic E-state index is 0.214. The molecule has 0 bridgehead atoms. The van der Waals surface area contributed by atoms with E-state index < -0.39 is 17.9 Å². The Kier molecular flexibility index (Phi) is 8.63. The topological polar surface area (TPSA) is 93.7 Å². The lowest BCUT2D eigenvalue weighted by atomic mass is 10.0. The second-order valence-electron chi connectivity index (χ2n) is 6.18. The maximum Gasteiger partial charge on any atom is 0.328 e.